The van der Waals surface area contributed by atoms with E-state index in [9.17, 15) is 4.39 Å². The minimum absolute atomic E-state index is 0.0347. The van der Waals surface area contributed by atoms with E-state index in [4.69, 9.17) is 11.6 Å². The number of benzene rings is 2. The van der Waals surface area contributed by atoms with Crippen LogP contribution in [0.5, 0.6) is 0 Å². The average molecular weight is 264 g/mol. The van der Waals surface area contributed by atoms with Crippen LogP contribution in [0.1, 0.15) is 17.2 Å². The van der Waals surface area contributed by atoms with Gasteiger partial charge in [0.25, 0.3) is 0 Å². The molecule has 1 atom stereocenters. The first-order valence-corrected chi connectivity index (χ1v) is 6.42. The molecule has 0 amide bonds. The topological polar surface area (TPSA) is 12.0 Å². The van der Waals surface area contributed by atoms with Crippen molar-refractivity contribution in [2.75, 3.05) is 5.88 Å². The van der Waals surface area contributed by atoms with Crippen molar-refractivity contribution in [1.29, 1.82) is 0 Å². The molecule has 2 aromatic carbocycles. The first-order chi connectivity index (χ1) is 8.81. The van der Waals surface area contributed by atoms with Gasteiger partial charge >= 0.3 is 0 Å². The van der Waals surface area contributed by atoms with Crippen LogP contribution < -0.4 is 5.32 Å². The van der Waals surface area contributed by atoms with Gasteiger partial charge in [-0.05, 0) is 11.6 Å². The fourth-order valence-electron chi connectivity index (χ4n) is 1.82. The Labute approximate surface area is 112 Å². The highest BCUT2D eigenvalue weighted by molar-refractivity contribution is 6.18. The van der Waals surface area contributed by atoms with Crippen LogP contribution in [0.2, 0.25) is 0 Å². The van der Waals surface area contributed by atoms with Crippen LogP contribution in [0.4, 0.5) is 4.39 Å². The SMILES string of the molecule is Fc1ccccc1CNC(CCl)c1ccccc1. The summed E-state index contributed by atoms with van der Waals surface area (Å²) in [6.45, 7) is 0.471. The third-order valence-corrected chi connectivity index (χ3v) is 3.16. The lowest BCUT2D eigenvalue weighted by Gasteiger charge is -2.16. The highest BCUT2D eigenvalue weighted by atomic mass is 35.5. The summed E-state index contributed by atoms with van der Waals surface area (Å²) in [5.41, 5.74) is 1.77. The van der Waals surface area contributed by atoms with Crippen molar-refractivity contribution in [2.24, 2.45) is 0 Å². The van der Waals surface area contributed by atoms with Crippen molar-refractivity contribution < 1.29 is 4.39 Å². The molecular weight excluding hydrogens is 249 g/mol. The van der Waals surface area contributed by atoms with Crippen molar-refractivity contribution in [3.63, 3.8) is 0 Å². The van der Waals surface area contributed by atoms with Gasteiger partial charge in [-0.1, -0.05) is 48.5 Å². The van der Waals surface area contributed by atoms with Gasteiger partial charge in [-0.2, -0.15) is 0 Å². The molecule has 0 radical (unpaired) electrons. The van der Waals surface area contributed by atoms with Gasteiger partial charge in [0.1, 0.15) is 5.82 Å². The summed E-state index contributed by atoms with van der Waals surface area (Å²) in [6, 6.07) is 16.7. The Morgan fingerprint density at radius 1 is 1.00 bits per heavy atom. The van der Waals surface area contributed by atoms with Gasteiger partial charge in [-0.15, -0.1) is 11.6 Å². The van der Waals surface area contributed by atoms with Crippen LogP contribution in [0.15, 0.2) is 54.6 Å². The van der Waals surface area contributed by atoms with Gasteiger partial charge < -0.3 is 5.32 Å². The van der Waals surface area contributed by atoms with Crippen LogP contribution in [0.25, 0.3) is 0 Å². The molecular formula is C15H15ClFN. The highest BCUT2D eigenvalue weighted by Gasteiger charge is 2.10. The summed E-state index contributed by atoms with van der Waals surface area (Å²) in [5, 5.41) is 3.27. The van der Waals surface area contributed by atoms with Gasteiger partial charge in [-0.3, -0.25) is 0 Å². The fourth-order valence-corrected chi connectivity index (χ4v) is 2.11. The monoisotopic (exact) mass is 263 g/mol. The maximum absolute atomic E-state index is 13.5. The van der Waals surface area contributed by atoms with E-state index in [-0.39, 0.29) is 11.9 Å². The van der Waals surface area contributed by atoms with Gasteiger partial charge in [0.15, 0.2) is 0 Å². The highest BCUT2D eigenvalue weighted by Crippen LogP contribution is 2.15. The number of hydrogen-bond acceptors (Lipinski definition) is 1. The van der Waals surface area contributed by atoms with Crippen molar-refractivity contribution in [3.05, 3.63) is 71.5 Å². The molecule has 0 aliphatic carbocycles. The molecule has 0 aromatic heterocycles. The summed E-state index contributed by atoms with van der Waals surface area (Å²) in [7, 11) is 0. The Morgan fingerprint density at radius 2 is 1.67 bits per heavy atom. The average Bonchev–Trinajstić information content (AvgIpc) is 2.42. The molecule has 0 spiro atoms. The largest absolute Gasteiger partial charge is 0.305 e. The molecule has 3 heteroatoms. The summed E-state index contributed by atoms with van der Waals surface area (Å²) < 4.78 is 13.5. The summed E-state index contributed by atoms with van der Waals surface area (Å²) in [4.78, 5) is 0. The number of alkyl halides is 1. The molecule has 0 fully saturated rings. The number of halogens is 2. The molecule has 2 rings (SSSR count). The smallest absolute Gasteiger partial charge is 0.127 e. The van der Waals surface area contributed by atoms with E-state index in [1.54, 1.807) is 12.1 Å². The quantitative estimate of drug-likeness (QED) is 0.807. The molecule has 1 nitrogen and oxygen atoms in total. The number of rotatable bonds is 5. The van der Waals surface area contributed by atoms with Crippen molar-refractivity contribution in [3.8, 4) is 0 Å². The third kappa shape index (κ3) is 3.31. The predicted molar refractivity (Wildman–Crippen MR) is 73.1 cm³/mol. The van der Waals surface area contributed by atoms with Crippen LogP contribution in [0.3, 0.4) is 0 Å². The Bertz CT molecular complexity index is 487. The zero-order valence-electron chi connectivity index (χ0n) is 9.94. The molecule has 94 valence electrons. The van der Waals surface area contributed by atoms with Crippen molar-refractivity contribution >= 4 is 11.6 Å². The van der Waals surface area contributed by atoms with E-state index in [0.29, 0.717) is 18.0 Å². The zero-order valence-corrected chi connectivity index (χ0v) is 10.7. The third-order valence-electron chi connectivity index (χ3n) is 2.85. The van der Waals surface area contributed by atoms with Crippen molar-refractivity contribution in [1.82, 2.24) is 5.32 Å². The molecule has 0 heterocycles. The van der Waals surface area contributed by atoms with Gasteiger partial charge in [0.2, 0.25) is 0 Å². The second-order valence-electron chi connectivity index (χ2n) is 4.09. The molecule has 2 aromatic rings. The molecule has 0 aliphatic rings. The first-order valence-electron chi connectivity index (χ1n) is 5.89. The lowest BCUT2D eigenvalue weighted by atomic mass is 10.1. The lowest BCUT2D eigenvalue weighted by Crippen LogP contribution is -2.22. The van der Waals surface area contributed by atoms with Crippen molar-refractivity contribution in [2.45, 2.75) is 12.6 Å². The predicted octanol–water partition coefficient (Wildman–Crippen LogP) is 3.90. The molecule has 1 unspecified atom stereocenters. The van der Waals surface area contributed by atoms with Gasteiger partial charge in [0, 0.05) is 24.0 Å². The first kappa shape index (κ1) is 13.1. The number of nitrogens with one attached hydrogen (secondary N) is 1. The minimum atomic E-state index is -0.189. The normalized spacial score (nSPS) is 12.3. The second kappa shape index (κ2) is 6.53. The standard InChI is InChI=1S/C15H15ClFN/c16-10-15(12-6-2-1-3-7-12)18-11-13-8-4-5-9-14(13)17/h1-9,15,18H,10-11H2. The fraction of sp³-hybridized carbons (Fsp3) is 0.200. The Morgan fingerprint density at radius 3 is 2.33 bits per heavy atom. The van der Waals surface area contributed by atoms with E-state index in [1.165, 1.54) is 6.07 Å². The second-order valence-corrected chi connectivity index (χ2v) is 4.40. The van der Waals surface area contributed by atoms with Crippen LogP contribution in [-0.2, 0) is 6.54 Å². The van der Waals surface area contributed by atoms with E-state index in [2.05, 4.69) is 5.32 Å². The molecule has 1 N–H and O–H groups in total. The zero-order chi connectivity index (χ0) is 12.8. The van der Waals surface area contributed by atoms with Gasteiger partial charge in [0.05, 0.1) is 0 Å². The summed E-state index contributed by atoms with van der Waals surface area (Å²) >= 11 is 5.95. The maximum atomic E-state index is 13.5. The van der Waals surface area contributed by atoms with Crippen LogP contribution in [0, 0.1) is 5.82 Å². The Balaban J connectivity index is 2.02. The number of hydrogen-bond donors (Lipinski definition) is 1. The minimum Gasteiger partial charge on any atom is -0.305 e. The Kier molecular flexibility index (Phi) is 4.73. The van der Waals surface area contributed by atoms with E-state index < -0.39 is 0 Å². The van der Waals surface area contributed by atoms with Gasteiger partial charge in [-0.25, -0.2) is 4.39 Å². The molecule has 0 bridgehead atoms. The lowest BCUT2D eigenvalue weighted by molar-refractivity contribution is 0.547. The molecule has 0 saturated carbocycles. The van der Waals surface area contributed by atoms with E-state index >= 15 is 0 Å². The summed E-state index contributed by atoms with van der Waals surface area (Å²) in [5.74, 6) is 0.268. The molecule has 0 aliphatic heterocycles. The molecule has 0 saturated heterocycles. The maximum Gasteiger partial charge on any atom is 0.127 e. The summed E-state index contributed by atoms with van der Waals surface area (Å²) in [6.07, 6.45) is 0. The molecule has 18 heavy (non-hydrogen) atoms. The van der Waals surface area contributed by atoms with Crippen LogP contribution in [-0.4, -0.2) is 5.88 Å². The Hall–Kier alpha value is -1.38. The van der Waals surface area contributed by atoms with E-state index in [1.807, 2.05) is 36.4 Å². The van der Waals surface area contributed by atoms with E-state index in [0.717, 1.165) is 5.56 Å². The van der Waals surface area contributed by atoms with Crippen LogP contribution >= 0.6 is 11.6 Å².